The molecule has 1 saturated heterocycles. The van der Waals surface area contributed by atoms with Crippen molar-refractivity contribution >= 4 is 46.5 Å². The zero-order valence-corrected chi connectivity index (χ0v) is 19.2. The number of carboxylic acid groups (broad SMARTS) is 2. The van der Waals surface area contributed by atoms with E-state index in [-0.39, 0.29) is 17.2 Å². The normalized spacial score (nSPS) is 16.8. The summed E-state index contributed by atoms with van der Waals surface area (Å²) in [4.78, 5) is 41.5. The van der Waals surface area contributed by atoms with E-state index in [9.17, 15) is 19.5 Å². The molecule has 10 heteroatoms. The highest BCUT2D eigenvalue weighted by Crippen LogP contribution is 2.36. The number of hydrogen-bond acceptors (Lipinski definition) is 7. The predicted molar refractivity (Wildman–Crippen MR) is 124 cm³/mol. The fraction of sp³-hybridized carbons (Fsp3) is 0.217. The average molecular weight is 471 g/mol. The lowest BCUT2D eigenvalue weighted by atomic mass is 10.1. The topological polar surface area (TPSA) is 126 Å². The van der Waals surface area contributed by atoms with Gasteiger partial charge in [0.2, 0.25) is 0 Å². The minimum Gasteiger partial charge on any atom is -0.493 e. The number of hydrogen-bond donors (Lipinski definition) is 2. The van der Waals surface area contributed by atoms with Crippen molar-refractivity contribution in [3.05, 3.63) is 58.0 Å². The van der Waals surface area contributed by atoms with Crippen LogP contribution in [0.15, 0.2) is 46.3 Å². The second-order valence-electron chi connectivity index (χ2n) is 7.13. The Morgan fingerprint density at radius 1 is 1.18 bits per heavy atom. The minimum atomic E-state index is -1.10. The van der Waals surface area contributed by atoms with Crippen molar-refractivity contribution in [2.24, 2.45) is 4.99 Å². The Hall–Kier alpha value is -3.79. The number of amides is 1. The Kier molecular flexibility index (Phi) is 7.07. The molecule has 9 nitrogen and oxygen atoms in total. The van der Waals surface area contributed by atoms with Crippen molar-refractivity contribution in [3.63, 3.8) is 0 Å². The molecule has 2 N–H and O–H groups in total. The molecular weight excluding hydrogens is 448 g/mol. The number of nitrogens with zero attached hydrogens (tertiary/aromatic N) is 2. The SMILES string of the molecule is COc1cc(/C=C2\SC(=Nc3cccc(C(=O)O)c3C)N(C)C2=O)ccc1O[C@H](C)C(=O)O. The van der Waals surface area contributed by atoms with Crippen LogP contribution >= 0.6 is 11.8 Å². The molecule has 1 heterocycles. The molecule has 3 rings (SSSR count). The first-order valence-electron chi connectivity index (χ1n) is 9.79. The van der Waals surface area contributed by atoms with Gasteiger partial charge in [-0.25, -0.2) is 14.6 Å². The quantitative estimate of drug-likeness (QED) is 0.586. The molecule has 0 bridgehead atoms. The second-order valence-corrected chi connectivity index (χ2v) is 8.14. The molecule has 1 amide bonds. The fourth-order valence-corrected chi connectivity index (χ4v) is 3.97. The number of ether oxygens (including phenoxy) is 2. The van der Waals surface area contributed by atoms with Gasteiger partial charge in [0.1, 0.15) is 0 Å². The number of thioether (sulfide) groups is 1. The van der Waals surface area contributed by atoms with Gasteiger partial charge in [0.05, 0.1) is 23.3 Å². The number of carboxylic acids is 2. The van der Waals surface area contributed by atoms with Gasteiger partial charge in [-0.1, -0.05) is 12.1 Å². The van der Waals surface area contributed by atoms with E-state index in [1.165, 1.54) is 25.0 Å². The summed E-state index contributed by atoms with van der Waals surface area (Å²) < 4.78 is 10.7. The number of aromatic carboxylic acids is 1. The van der Waals surface area contributed by atoms with Gasteiger partial charge in [0, 0.05) is 7.05 Å². The Morgan fingerprint density at radius 2 is 1.91 bits per heavy atom. The van der Waals surface area contributed by atoms with Gasteiger partial charge in [0.25, 0.3) is 5.91 Å². The maximum atomic E-state index is 12.8. The molecule has 0 spiro atoms. The van der Waals surface area contributed by atoms with Gasteiger partial charge < -0.3 is 19.7 Å². The van der Waals surface area contributed by atoms with Gasteiger partial charge >= 0.3 is 11.9 Å². The summed E-state index contributed by atoms with van der Waals surface area (Å²) >= 11 is 1.16. The zero-order chi connectivity index (χ0) is 24.3. The third-order valence-corrected chi connectivity index (χ3v) is 5.95. The Balaban J connectivity index is 1.90. The summed E-state index contributed by atoms with van der Waals surface area (Å²) in [5.41, 5.74) is 1.77. The van der Waals surface area contributed by atoms with Crippen LogP contribution in [0.5, 0.6) is 11.5 Å². The number of carbonyl (C=O) groups is 3. The lowest BCUT2D eigenvalue weighted by Gasteiger charge is -2.14. The molecule has 33 heavy (non-hydrogen) atoms. The van der Waals surface area contributed by atoms with Crippen LogP contribution in [-0.2, 0) is 9.59 Å². The van der Waals surface area contributed by atoms with Crippen LogP contribution in [0.2, 0.25) is 0 Å². The number of rotatable bonds is 7. The Morgan fingerprint density at radius 3 is 2.55 bits per heavy atom. The molecule has 0 aromatic heterocycles. The van der Waals surface area contributed by atoms with Crippen LogP contribution in [0.1, 0.15) is 28.4 Å². The lowest BCUT2D eigenvalue weighted by molar-refractivity contribution is -0.144. The first-order chi connectivity index (χ1) is 15.6. The molecule has 1 aliphatic heterocycles. The molecule has 0 unspecified atom stereocenters. The zero-order valence-electron chi connectivity index (χ0n) is 18.4. The molecule has 1 atom stereocenters. The van der Waals surface area contributed by atoms with Crippen molar-refractivity contribution in [2.45, 2.75) is 20.0 Å². The van der Waals surface area contributed by atoms with Crippen LogP contribution in [0.25, 0.3) is 6.08 Å². The van der Waals surface area contributed by atoms with Gasteiger partial charge in [-0.3, -0.25) is 9.69 Å². The third kappa shape index (κ3) is 5.17. The second kappa shape index (κ2) is 9.78. The van der Waals surface area contributed by atoms with Crippen molar-refractivity contribution in [2.75, 3.05) is 14.2 Å². The standard InChI is InChI=1S/C23H22N2O7S/c1-12-15(22(29)30)6-5-7-16(12)24-23-25(3)20(26)19(33-23)11-14-8-9-17(18(10-14)31-4)32-13(2)21(27)28/h5-11,13H,1-4H3,(H,27,28)(H,29,30)/b19-11-,24-23?/t13-/m1/s1. The van der Waals surface area contributed by atoms with Crippen molar-refractivity contribution in [1.82, 2.24) is 4.90 Å². The number of aliphatic imine (C=N–C) groups is 1. The fourth-order valence-electron chi connectivity index (χ4n) is 2.99. The summed E-state index contributed by atoms with van der Waals surface area (Å²) in [6.07, 6.45) is 0.616. The van der Waals surface area contributed by atoms with Crippen LogP contribution in [0, 0.1) is 6.92 Å². The van der Waals surface area contributed by atoms with Crippen molar-refractivity contribution < 1.29 is 34.1 Å². The number of benzene rings is 2. The number of carbonyl (C=O) groups excluding carboxylic acids is 1. The van der Waals surface area contributed by atoms with Crippen LogP contribution in [0.3, 0.4) is 0 Å². The van der Waals surface area contributed by atoms with Gasteiger partial charge in [-0.05, 0) is 67.1 Å². The van der Waals surface area contributed by atoms with Crippen molar-refractivity contribution in [3.8, 4) is 11.5 Å². The van der Waals surface area contributed by atoms with Gasteiger partial charge in [-0.15, -0.1) is 0 Å². The van der Waals surface area contributed by atoms with Crippen LogP contribution < -0.4 is 9.47 Å². The molecular formula is C23H22N2O7S. The Labute approximate surface area is 194 Å². The first kappa shape index (κ1) is 23.9. The van der Waals surface area contributed by atoms with Crippen molar-refractivity contribution in [1.29, 1.82) is 0 Å². The Bertz CT molecular complexity index is 1190. The maximum absolute atomic E-state index is 12.8. The summed E-state index contributed by atoms with van der Waals surface area (Å²) in [5.74, 6) is -1.80. The number of methoxy groups -OCH3 is 1. The molecule has 0 radical (unpaired) electrons. The largest absolute Gasteiger partial charge is 0.493 e. The summed E-state index contributed by atoms with van der Waals surface area (Å²) in [7, 11) is 3.03. The van der Waals surface area contributed by atoms with E-state index in [1.54, 1.807) is 50.4 Å². The molecule has 2 aromatic carbocycles. The van der Waals surface area contributed by atoms with Crippen LogP contribution in [-0.4, -0.2) is 58.4 Å². The van der Waals surface area contributed by atoms with E-state index < -0.39 is 18.0 Å². The molecule has 0 aliphatic carbocycles. The summed E-state index contributed by atoms with van der Waals surface area (Å²) in [6, 6.07) is 9.70. The number of likely N-dealkylation sites (N-methyl/N-ethyl adjacent to an activating group) is 1. The van der Waals surface area contributed by atoms with E-state index in [1.807, 2.05) is 0 Å². The van der Waals surface area contributed by atoms with Gasteiger partial charge in [0.15, 0.2) is 22.8 Å². The lowest BCUT2D eigenvalue weighted by Crippen LogP contribution is -2.23. The van der Waals surface area contributed by atoms with Crippen LogP contribution in [0.4, 0.5) is 5.69 Å². The number of amidine groups is 1. The molecule has 1 aliphatic rings. The maximum Gasteiger partial charge on any atom is 0.344 e. The average Bonchev–Trinajstić information content (AvgIpc) is 3.03. The summed E-state index contributed by atoms with van der Waals surface area (Å²) in [5, 5.41) is 18.8. The highest BCUT2D eigenvalue weighted by atomic mass is 32.2. The highest BCUT2D eigenvalue weighted by molar-refractivity contribution is 8.18. The smallest absolute Gasteiger partial charge is 0.344 e. The van der Waals surface area contributed by atoms with E-state index in [0.29, 0.717) is 32.6 Å². The predicted octanol–water partition coefficient (Wildman–Crippen LogP) is 3.79. The monoisotopic (exact) mass is 470 g/mol. The van der Waals surface area contributed by atoms with Gasteiger partial charge in [-0.2, -0.15) is 0 Å². The number of aliphatic carboxylic acids is 1. The first-order valence-corrected chi connectivity index (χ1v) is 10.6. The minimum absolute atomic E-state index is 0.149. The molecule has 1 fully saturated rings. The van der Waals surface area contributed by atoms with E-state index >= 15 is 0 Å². The van der Waals surface area contributed by atoms with E-state index in [4.69, 9.17) is 14.6 Å². The molecule has 0 saturated carbocycles. The third-order valence-electron chi connectivity index (χ3n) is 4.89. The van der Waals surface area contributed by atoms with E-state index in [0.717, 1.165) is 11.8 Å². The van der Waals surface area contributed by atoms with E-state index in [2.05, 4.69) is 4.99 Å². The molecule has 172 valence electrons. The highest BCUT2D eigenvalue weighted by Gasteiger charge is 2.30. The summed E-state index contributed by atoms with van der Waals surface area (Å²) in [6.45, 7) is 3.08. The molecule has 2 aromatic rings.